The van der Waals surface area contributed by atoms with E-state index in [0.717, 1.165) is 33.9 Å². The molecule has 14 heteroatoms. The van der Waals surface area contributed by atoms with Crippen molar-refractivity contribution in [2.45, 2.75) is 12.7 Å². The molecule has 0 aliphatic rings. The summed E-state index contributed by atoms with van der Waals surface area (Å²) in [7, 11) is 0. The van der Waals surface area contributed by atoms with Crippen LogP contribution in [0.15, 0.2) is 79.0 Å². The van der Waals surface area contributed by atoms with Gasteiger partial charge in [-0.2, -0.15) is 13.2 Å². The van der Waals surface area contributed by atoms with Crippen LogP contribution in [0.25, 0.3) is 21.8 Å². The quantitative estimate of drug-likeness (QED) is 0.0715. The van der Waals surface area contributed by atoms with Gasteiger partial charge in [0.2, 0.25) is 0 Å². The number of hydrogen-bond acceptors (Lipinski definition) is 9. The number of alkyl halides is 3. The zero-order valence-electron chi connectivity index (χ0n) is 28.3. The lowest BCUT2D eigenvalue weighted by Crippen LogP contribution is -2.28. The van der Waals surface area contributed by atoms with Crippen molar-refractivity contribution in [1.82, 2.24) is 14.9 Å². The second-order valence-corrected chi connectivity index (χ2v) is 11.6. The molecular formula is C38H39F3N4O7. The lowest BCUT2D eigenvalue weighted by atomic mass is 10.1. The standard InChI is InChI=1S/C38H39F3N4O7/c39-38(40,41)29-10-8-27(9-11-29)24-45-35-7-2-1-5-30(35)31-22-34(44-23-36(31)45)37(48)43-13-15-50-17-19-52-21-20-51-18-16-49-14-12-42-33-6-3-4-28(25-46)32(33)26-47/h1-11,22-23,25-26,42H,12-21,24H2,(H,43,48). The first-order valence-electron chi connectivity index (χ1n) is 16.7. The fourth-order valence-corrected chi connectivity index (χ4v) is 5.54. The highest BCUT2D eigenvalue weighted by Crippen LogP contribution is 2.32. The number of anilines is 1. The first-order valence-corrected chi connectivity index (χ1v) is 16.7. The maximum Gasteiger partial charge on any atom is 0.416 e. The second-order valence-electron chi connectivity index (χ2n) is 11.6. The minimum atomic E-state index is -4.40. The van der Waals surface area contributed by atoms with Crippen LogP contribution in [0, 0.1) is 0 Å². The highest BCUT2D eigenvalue weighted by atomic mass is 19.4. The Balaban J connectivity index is 0.943. The molecule has 0 aliphatic heterocycles. The maximum absolute atomic E-state index is 13.0. The number of rotatable bonds is 21. The van der Waals surface area contributed by atoms with E-state index >= 15 is 0 Å². The Bertz CT molecular complexity index is 1950. The second kappa shape index (κ2) is 18.9. The maximum atomic E-state index is 13.0. The van der Waals surface area contributed by atoms with Crippen LogP contribution in [-0.4, -0.2) is 94.0 Å². The summed E-state index contributed by atoms with van der Waals surface area (Å²) in [5.41, 5.74) is 3.13. The number of aromatic nitrogens is 2. The number of pyridine rings is 1. The number of amides is 1. The Labute approximate surface area is 298 Å². The molecule has 3 aromatic carbocycles. The molecule has 11 nitrogen and oxygen atoms in total. The topological polar surface area (TPSA) is 130 Å². The fraction of sp³-hybridized carbons (Fsp3) is 0.316. The van der Waals surface area contributed by atoms with Gasteiger partial charge in [-0.3, -0.25) is 14.4 Å². The molecule has 2 aromatic heterocycles. The molecule has 2 heterocycles. The van der Waals surface area contributed by atoms with E-state index in [1.165, 1.54) is 12.1 Å². The van der Waals surface area contributed by atoms with Gasteiger partial charge in [-0.05, 0) is 35.9 Å². The lowest BCUT2D eigenvalue weighted by Gasteiger charge is -2.11. The van der Waals surface area contributed by atoms with Gasteiger partial charge in [0.25, 0.3) is 5.91 Å². The number of nitrogens with one attached hydrogen (secondary N) is 2. The molecule has 0 saturated carbocycles. The number of hydrogen-bond donors (Lipinski definition) is 2. The van der Waals surface area contributed by atoms with Crippen molar-refractivity contribution < 1.29 is 46.5 Å². The van der Waals surface area contributed by atoms with Crippen LogP contribution in [0.4, 0.5) is 18.9 Å². The third-order valence-electron chi connectivity index (χ3n) is 8.11. The molecular weight excluding hydrogens is 681 g/mol. The summed E-state index contributed by atoms with van der Waals surface area (Å²) in [5.74, 6) is -0.352. The highest BCUT2D eigenvalue weighted by Gasteiger charge is 2.30. The molecule has 0 spiro atoms. The summed E-state index contributed by atoms with van der Waals surface area (Å²) in [6.07, 6.45) is -1.49. The number of ether oxygens (including phenoxy) is 4. The number of carbonyl (C=O) groups excluding carboxylic acids is 3. The van der Waals surface area contributed by atoms with Gasteiger partial charge in [-0.1, -0.05) is 42.5 Å². The van der Waals surface area contributed by atoms with Crippen LogP contribution in [0.2, 0.25) is 0 Å². The summed E-state index contributed by atoms with van der Waals surface area (Å²) in [4.78, 5) is 39.6. The van der Waals surface area contributed by atoms with Gasteiger partial charge in [-0.25, -0.2) is 4.98 Å². The third-order valence-corrected chi connectivity index (χ3v) is 8.11. The van der Waals surface area contributed by atoms with Crippen LogP contribution >= 0.6 is 0 Å². The van der Waals surface area contributed by atoms with Gasteiger partial charge in [0.05, 0.1) is 70.1 Å². The Kier molecular flexibility index (Phi) is 13.8. The molecule has 0 bridgehead atoms. The van der Waals surface area contributed by atoms with Crippen molar-refractivity contribution in [2.24, 2.45) is 0 Å². The van der Waals surface area contributed by atoms with Crippen LogP contribution in [0.5, 0.6) is 0 Å². The molecule has 1 amide bonds. The smallest absolute Gasteiger partial charge is 0.382 e. The molecule has 5 rings (SSSR count). The van der Waals surface area contributed by atoms with E-state index in [0.29, 0.717) is 94.3 Å². The average Bonchev–Trinajstić information content (AvgIpc) is 3.46. The molecule has 274 valence electrons. The molecule has 0 atom stereocenters. The van der Waals surface area contributed by atoms with E-state index in [4.69, 9.17) is 18.9 Å². The van der Waals surface area contributed by atoms with Crippen LogP contribution in [0.1, 0.15) is 42.3 Å². The Morgan fingerprint density at radius 2 is 1.38 bits per heavy atom. The molecule has 0 aliphatic carbocycles. The number of benzene rings is 3. The molecule has 0 fully saturated rings. The fourth-order valence-electron chi connectivity index (χ4n) is 5.54. The SMILES string of the molecule is O=Cc1cccc(NCCOCCOCCOCCOCCNC(=O)c2cc3c4ccccc4n(Cc4ccc(C(F)(F)F)cc4)c3cn2)c1C=O. The number of para-hydroxylation sites is 1. The third kappa shape index (κ3) is 10.2. The summed E-state index contributed by atoms with van der Waals surface area (Å²) < 4.78 is 63.1. The molecule has 5 aromatic rings. The zero-order valence-corrected chi connectivity index (χ0v) is 28.3. The van der Waals surface area contributed by atoms with E-state index in [9.17, 15) is 27.6 Å². The van der Waals surface area contributed by atoms with Gasteiger partial charge in [0.1, 0.15) is 5.69 Å². The number of carbonyl (C=O) groups is 3. The van der Waals surface area contributed by atoms with Crippen molar-refractivity contribution in [3.05, 3.63) is 107 Å². The van der Waals surface area contributed by atoms with E-state index in [-0.39, 0.29) is 24.8 Å². The molecule has 0 saturated heterocycles. The zero-order chi connectivity index (χ0) is 36.8. The van der Waals surface area contributed by atoms with Gasteiger partial charge in [0, 0.05) is 52.7 Å². The summed E-state index contributed by atoms with van der Waals surface area (Å²) >= 11 is 0. The van der Waals surface area contributed by atoms with Gasteiger partial charge >= 0.3 is 6.18 Å². The summed E-state index contributed by atoms with van der Waals surface area (Å²) in [5, 5.41) is 7.61. The van der Waals surface area contributed by atoms with Crippen molar-refractivity contribution in [2.75, 3.05) is 71.3 Å². The van der Waals surface area contributed by atoms with Gasteiger partial charge in [0.15, 0.2) is 12.6 Å². The van der Waals surface area contributed by atoms with Gasteiger partial charge < -0.3 is 34.1 Å². The van der Waals surface area contributed by atoms with Crippen molar-refractivity contribution in [3.63, 3.8) is 0 Å². The Morgan fingerprint density at radius 1 is 0.731 bits per heavy atom. The van der Waals surface area contributed by atoms with E-state index < -0.39 is 11.7 Å². The number of aldehydes is 2. The molecule has 0 radical (unpaired) electrons. The average molecular weight is 721 g/mol. The summed E-state index contributed by atoms with van der Waals surface area (Å²) in [6.45, 7) is 4.04. The number of halogens is 3. The van der Waals surface area contributed by atoms with Crippen molar-refractivity contribution >= 4 is 46.0 Å². The summed E-state index contributed by atoms with van der Waals surface area (Å²) in [6, 6.07) is 19.5. The molecule has 52 heavy (non-hydrogen) atoms. The first kappa shape index (κ1) is 38.1. The van der Waals surface area contributed by atoms with E-state index in [1.807, 2.05) is 28.8 Å². The van der Waals surface area contributed by atoms with E-state index in [1.54, 1.807) is 30.5 Å². The van der Waals surface area contributed by atoms with Crippen molar-refractivity contribution in [1.29, 1.82) is 0 Å². The van der Waals surface area contributed by atoms with Gasteiger partial charge in [-0.15, -0.1) is 0 Å². The monoisotopic (exact) mass is 720 g/mol. The Hall–Kier alpha value is -5.15. The number of nitrogens with zero attached hydrogens (tertiary/aromatic N) is 2. The number of fused-ring (bicyclic) bond motifs is 3. The normalized spacial score (nSPS) is 11.6. The molecule has 0 unspecified atom stereocenters. The van der Waals surface area contributed by atoms with Crippen LogP contribution < -0.4 is 10.6 Å². The largest absolute Gasteiger partial charge is 0.416 e. The predicted octanol–water partition coefficient (Wildman–Crippen LogP) is 5.79. The van der Waals surface area contributed by atoms with E-state index in [2.05, 4.69) is 15.6 Å². The Morgan fingerprint density at radius 3 is 2.04 bits per heavy atom. The van der Waals surface area contributed by atoms with Crippen molar-refractivity contribution in [3.8, 4) is 0 Å². The highest BCUT2D eigenvalue weighted by molar-refractivity contribution is 6.10. The van der Waals surface area contributed by atoms with Crippen LogP contribution in [-0.2, 0) is 31.7 Å². The minimum Gasteiger partial charge on any atom is -0.382 e. The first-order chi connectivity index (χ1) is 25.3. The van der Waals surface area contributed by atoms with Crippen LogP contribution in [0.3, 0.4) is 0 Å². The minimum absolute atomic E-state index is 0.241. The predicted molar refractivity (Wildman–Crippen MR) is 189 cm³/mol. The molecule has 2 N–H and O–H groups in total. The lowest BCUT2D eigenvalue weighted by molar-refractivity contribution is -0.137.